The van der Waals surface area contributed by atoms with Crippen LogP contribution in [-0.2, 0) is 0 Å². The van der Waals surface area contributed by atoms with Gasteiger partial charge in [0.2, 0.25) is 0 Å². The Balaban J connectivity index is 2.07. The van der Waals surface area contributed by atoms with Crippen molar-refractivity contribution < 1.29 is 0 Å². The van der Waals surface area contributed by atoms with Gasteiger partial charge in [-0.1, -0.05) is 49.4 Å². The maximum absolute atomic E-state index is 6.25. The maximum atomic E-state index is 6.25. The van der Waals surface area contributed by atoms with Gasteiger partial charge in [0.1, 0.15) is 0 Å². The van der Waals surface area contributed by atoms with Crippen molar-refractivity contribution in [3.05, 3.63) is 33.3 Å². The van der Waals surface area contributed by atoms with Crippen LogP contribution in [0.2, 0.25) is 5.02 Å². The Bertz CT molecular complexity index is 361. The molecule has 16 heavy (non-hydrogen) atoms. The third-order valence-electron chi connectivity index (χ3n) is 3.44. The number of nitrogens with two attached hydrogens (primary N) is 1. The number of halogens is 2. The topological polar surface area (TPSA) is 26.0 Å². The molecule has 0 aromatic heterocycles. The second-order valence-electron chi connectivity index (χ2n) is 4.64. The minimum atomic E-state index is 0.0769. The molecule has 1 aliphatic carbocycles. The summed E-state index contributed by atoms with van der Waals surface area (Å²) < 4.78 is 0.938. The molecular formula is C13H17BrClN. The minimum absolute atomic E-state index is 0.0769. The van der Waals surface area contributed by atoms with Gasteiger partial charge in [0.25, 0.3) is 0 Å². The fraction of sp³-hybridized carbons (Fsp3) is 0.538. The van der Waals surface area contributed by atoms with E-state index in [9.17, 15) is 0 Å². The quantitative estimate of drug-likeness (QED) is 0.862. The first-order valence-electron chi connectivity index (χ1n) is 5.88. The summed E-state index contributed by atoms with van der Waals surface area (Å²) in [4.78, 5) is 0. The number of benzene rings is 1. The molecule has 1 saturated carbocycles. The lowest BCUT2D eigenvalue weighted by Gasteiger charge is -2.18. The molecule has 2 rings (SSSR count). The van der Waals surface area contributed by atoms with Crippen LogP contribution in [0.15, 0.2) is 22.7 Å². The average Bonchev–Trinajstić information content (AvgIpc) is 2.74. The van der Waals surface area contributed by atoms with E-state index in [0.29, 0.717) is 0 Å². The standard InChI is InChI=1S/C13H17BrClN/c14-11-7-3-6-10(13(11)15)12(16)8-9-4-1-2-5-9/h3,6-7,9,12H,1-2,4-5,8,16H2. The van der Waals surface area contributed by atoms with Crippen LogP contribution in [0.1, 0.15) is 43.7 Å². The summed E-state index contributed by atoms with van der Waals surface area (Å²) in [7, 11) is 0. The van der Waals surface area contributed by atoms with E-state index in [1.165, 1.54) is 25.7 Å². The number of hydrogen-bond acceptors (Lipinski definition) is 1. The fourth-order valence-electron chi connectivity index (χ4n) is 2.54. The van der Waals surface area contributed by atoms with Crippen molar-refractivity contribution in [2.45, 2.75) is 38.1 Å². The van der Waals surface area contributed by atoms with Crippen molar-refractivity contribution in [2.24, 2.45) is 11.7 Å². The van der Waals surface area contributed by atoms with Crippen molar-refractivity contribution in [1.82, 2.24) is 0 Å². The van der Waals surface area contributed by atoms with E-state index in [2.05, 4.69) is 15.9 Å². The smallest absolute Gasteiger partial charge is 0.0595 e. The Labute approximate surface area is 110 Å². The predicted octanol–water partition coefficient (Wildman–Crippen LogP) is 4.68. The second-order valence-corrected chi connectivity index (χ2v) is 5.87. The molecule has 1 nitrogen and oxygen atoms in total. The van der Waals surface area contributed by atoms with Gasteiger partial charge in [-0.2, -0.15) is 0 Å². The SMILES string of the molecule is NC(CC1CCCC1)c1cccc(Br)c1Cl. The lowest BCUT2D eigenvalue weighted by Crippen LogP contribution is -2.14. The molecule has 0 aliphatic heterocycles. The van der Waals surface area contributed by atoms with Crippen molar-refractivity contribution in [3.8, 4) is 0 Å². The molecule has 1 aliphatic rings. The molecule has 0 heterocycles. The van der Waals surface area contributed by atoms with Crippen molar-refractivity contribution in [2.75, 3.05) is 0 Å². The zero-order valence-corrected chi connectivity index (χ0v) is 11.6. The highest BCUT2D eigenvalue weighted by atomic mass is 79.9. The molecule has 1 aromatic carbocycles. The van der Waals surface area contributed by atoms with E-state index in [0.717, 1.165) is 27.4 Å². The number of hydrogen-bond donors (Lipinski definition) is 1. The Hall–Kier alpha value is -0.0500. The first kappa shape index (κ1) is 12.4. The van der Waals surface area contributed by atoms with E-state index < -0.39 is 0 Å². The summed E-state index contributed by atoms with van der Waals surface area (Å²) in [6, 6.07) is 6.06. The Kier molecular flexibility index (Phi) is 4.28. The molecule has 0 saturated heterocycles. The third kappa shape index (κ3) is 2.79. The number of rotatable bonds is 3. The van der Waals surface area contributed by atoms with E-state index in [1.807, 2.05) is 18.2 Å². The van der Waals surface area contributed by atoms with Gasteiger partial charge in [0.05, 0.1) is 5.02 Å². The first-order valence-corrected chi connectivity index (χ1v) is 7.05. The Morgan fingerprint density at radius 3 is 2.75 bits per heavy atom. The Morgan fingerprint density at radius 1 is 1.38 bits per heavy atom. The lowest BCUT2D eigenvalue weighted by atomic mass is 9.94. The van der Waals surface area contributed by atoms with Crippen LogP contribution in [0.3, 0.4) is 0 Å². The third-order valence-corrected chi connectivity index (χ3v) is 4.75. The van der Waals surface area contributed by atoms with Gasteiger partial charge in [0, 0.05) is 10.5 Å². The zero-order valence-electron chi connectivity index (χ0n) is 9.26. The van der Waals surface area contributed by atoms with Crippen molar-refractivity contribution in [1.29, 1.82) is 0 Å². The monoisotopic (exact) mass is 301 g/mol. The van der Waals surface area contributed by atoms with Gasteiger partial charge in [-0.25, -0.2) is 0 Å². The van der Waals surface area contributed by atoms with E-state index in [-0.39, 0.29) is 6.04 Å². The summed E-state index contributed by atoms with van der Waals surface area (Å²) in [6.07, 6.45) is 6.46. The van der Waals surface area contributed by atoms with E-state index in [1.54, 1.807) is 0 Å². The fourth-order valence-corrected chi connectivity index (χ4v) is 3.19. The minimum Gasteiger partial charge on any atom is -0.324 e. The molecule has 0 amide bonds. The highest BCUT2D eigenvalue weighted by molar-refractivity contribution is 9.10. The van der Waals surface area contributed by atoms with Crippen LogP contribution in [0.5, 0.6) is 0 Å². The van der Waals surface area contributed by atoms with Crippen molar-refractivity contribution in [3.63, 3.8) is 0 Å². The molecule has 1 fully saturated rings. The molecular weight excluding hydrogens is 286 g/mol. The molecule has 3 heteroatoms. The molecule has 1 unspecified atom stereocenters. The first-order chi connectivity index (χ1) is 7.68. The maximum Gasteiger partial charge on any atom is 0.0595 e. The van der Waals surface area contributed by atoms with Crippen LogP contribution in [0, 0.1) is 5.92 Å². The van der Waals surface area contributed by atoms with Gasteiger partial charge < -0.3 is 5.73 Å². The zero-order chi connectivity index (χ0) is 11.5. The predicted molar refractivity (Wildman–Crippen MR) is 72.7 cm³/mol. The molecule has 1 atom stereocenters. The van der Waals surface area contributed by atoms with Crippen LogP contribution in [-0.4, -0.2) is 0 Å². The highest BCUT2D eigenvalue weighted by Crippen LogP contribution is 2.35. The summed E-state index contributed by atoms with van der Waals surface area (Å²) in [5.74, 6) is 0.796. The van der Waals surface area contributed by atoms with Crippen molar-refractivity contribution >= 4 is 27.5 Å². The van der Waals surface area contributed by atoms with Crippen LogP contribution >= 0.6 is 27.5 Å². The van der Waals surface area contributed by atoms with Crippen LogP contribution in [0.4, 0.5) is 0 Å². The molecule has 88 valence electrons. The molecule has 0 spiro atoms. The average molecular weight is 303 g/mol. The second kappa shape index (κ2) is 5.52. The van der Waals surface area contributed by atoms with E-state index >= 15 is 0 Å². The lowest BCUT2D eigenvalue weighted by molar-refractivity contribution is 0.451. The Morgan fingerprint density at radius 2 is 2.06 bits per heavy atom. The van der Waals surface area contributed by atoms with Gasteiger partial charge >= 0.3 is 0 Å². The van der Waals surface area contributed by atoms with Gasteiger partial charge in [-0.15, -0.1) is 0 Å². The highest BCUT2D eigenvalue weighted by Gasteiger charge is 2.20. The van der Waals surface area contributed by atoms with Gasteiger partial charge in [-0.3, -0.25) is 0 Å². The summed E-state index contributed by atoms with van der Waals surface area (Å²) >= 11 is 9.69. The van der Waals surface area contributed by atoms with Crippen LogP contribution < -0.4 is 5.73 Å². The largest absolute Gasteiger partial charge is 0.324 e. The molecule has 0 radical (unpaired) electrons. The summed E-state index contributed by atoms with van der Waals surface area (Å²) in [6.45, 7) is 0. The van der Waals surface area contributed by atoms with Gasteiger partial charge in [-0.05, 0) is 39.9 Å². The molecule has 2 N–H and O–H groups in total. The molecule has 0 bridgehead atoms. The summed E-state index contributed by atoms with van der Waals surface area (Å²) in [5, 5.41) is 0.771. The van der Waals surface area contributed by atoms with Crippen LogP contribution in [0.25, 0.3) is 0 Å². The van der Waals surface area contributed by atoms with E-state index in [4.69, 9.17) is 17.3 Å². The molecule has 1 aromatic rings. The van der Waals surface area contributed by atoms with Gasteiger partial charge in [0.15, 0.2) is 0 Å². The normalized spacial score (nSPS) is 18.9. The summed E-state index contributed by atoms with van der Waals surface area (Å²) in [5.41, 5.74) is 7.31.